The third-order valence-electron chi connectivity index (χ3n) is 3.92. The van der Waals surface area contributed by atoms with Crippen molar-refractivity contribution in [3.05, 3.63) is 34.9 Å². The van der Waals surface area contributed by atoms with Gasteiger partial charge in [0.15, 0.2) is 0 Å². The van der Waals surface area contributed by atoms with Gasteiger partial charge < -0.3 is 15.0 Å². The monoisotopic (exact) mass is 338 g/mol. The van der Waals surface area contributed by atoms with Gasteiger partial charge in [-0.25, -0.2) is 0 Å². The Hall–Kier alpha value is -1.59. The summed E-state index contributed by atoms with van der Waals surface area (Å²) in [7, 11) is 0. The number of morpholine rings is 1. The van der Waals surface area contributed by atoms with E-state index in [1.165, 1.54) is 6.92 Å². The van der Waals surface area contributed by atoms with Crippen molar-refractivity contribution in [1.29, 1.82) is 0 Å². The first-order chi connectivity index (χ1) is 10.9. The largest absolute Gasteiger partial charge is 0.370 e. The first-order valence-corrected chi connectivity index (χ1v) is 8.20. The number of rotatable bonds is 4. The molecule has 1 N–H and O–H groups in total. The van der Waals surface area contributed by atoms with Crippen LogP contribution in [0.2, 0.25) is 5.02 Å². The van der Waals surface area contributed by atoms with Crippen LogP contribution in [0.3, 0.4) is 0 Å². The molecule has 1 heterocycles. The Bertz CT molecular complexity index is 577. The van der Waals surface area contributed by atoms with Gasteiger partial charge in [-0.2, -0.15) is 0 Å². The van der Waals surface area contributed by atoms with Crippen molar-refractivity contribution in [2.45, 2.75) is 32.9 Å². The number of ether oxygens (including phenoxy) is 1. The maximum Gasteiger partial charge on any atom is 0.245 e. The normalized spacial score (nSPS) is 19.5. The highest BCUT2D eigenvalue weighted by molar-refractivity contribution is 6.31. The lowest BCUT2D eigenvalue weighted by molar-refractivity contribution is -0.144. The average Bonchev–Trinajstić information content (AvgIpc) is 2.52. The second kappa shape index (κ2) is 7.79. The molecular formula is C17H23ClN2O3. The zero-order valence-corrected chi connectivity index (χ0v) is 14.5. The summed E-state index contributed by atoms with van der Waals surface area (Å²) in [4.78, 5) is 25.9. The van der Waals surface area contributed by atoms with Crippen LogP contribution in [-0.4, -0.2) is 42.5 Å². The number of amides is 2. The summed E-state index contributed by atoms with van der Waals surface area (Å²) in [6.45, 7) is 6.67. The van der Waals surface area contributed by atoms with Gasteiger partial charge in [0.25, 0.3) is 0 Å². The lowest BCUT2D eigenvalue weighted by Gasteiger charge is -2.36. The second-order valence-corrected chi connectivity index (χ2v) is 6.49. The number of carbonyl (C=O) groups excluding carboxylic acids is 2. The minimum absolute atomic E-state index is 0.0213. The summed E-state index contributed by atoms with van der Waals surface area (Å²) < 4.78 is 5.78. The molecule has 1 aliphatic rings. The Kier molecular flexibility index (Phi) is 6.02. The van der Waals surface area contributed by atoms with Gasteiger partial charge in [-0.05, 0) is 12.0 Å². The smallest absolute Gasteiger partial charge is 0.245 e. The number of hydrogen-bond donors (Lipinski definition) is 1. The lowest BCUT2D eigenvalue weighted by atomic mass is 10.0. The summed E-state index contributed by atoms with van der Waals surface area (Å²) >= 11 is 6.23. The van der Waals surface area contributed by atoms with Crippen molar-refractivity contribution >= 4 is 23.4 Å². The topological polar surface area (TPSA) is 58.6 Å². The van der Waals surface area contributed by atoms with E-state index in [9.17, 15) is 9.59 Å². The van der Waals surface area contributed by atoms with Crippen LogP contribution in [0.1, 0.15) is 32.4 Å². The van der Waals surface area contributed by atoms with Gasteiger partial charge in [0.05, 0.1) is 13.2 Å². The number of benzene rings is 1. The summed E-state index contributed by atoms with van der Waals surface area (Å²) in [6, 6.07) is 6.98. The molecule has 126 valence electrons. The predicted molar refractivity (Wildman–Crippen MR) is 89.2 cm³/mol. The maximum atomic E-state index is 12.8. The predicted octanol–water partition coefficient (Wildman–Crippen LogP) is 2.40. The number of hydrogen-bond acceptors (Lipinski definition) is 3. The molecule has 23 heavy (non-hydrogen) atoms. The van der Waals surface area contributed by atoms with Crippen LogP contribution in [0, 0.1) is 5.92 Å². The van der Waals surface area contributed by atoms with E-state index in [1.54, 1.807) is 4.90 Å². The highest BCUT2D eigenvalue weighted by atomic mass is 35.5. The van der Waals surface area contributed by atoms with Gasteiger partial charge in [-0.15, -0.1) is 0 Å². The number of halogens is 1. The maximum absolute atomic E-state index is 12.8. The second-order valence-electron chi connectivity index (χ2n) is 6.09. The van der Waals surface area contributed by atoms with Crippen molar-refractivity contribution in [3.8, 4) is 0 Å². The minimum atomic E-state index is -0.516. The highest BCUT2D eigenvalue weighted by Gasteiger charge is 2.32. The minimum Gasteiger partial charge on any atom is -0.370 e. The number of carbonyl (C=O) groups is 2. The quantitative estimate of drug-likeness (QED) is 0.917. The van der Waals surface area contributed by atoms with Crippen LogP contribution >= 0.6 is 11.6 Å². The molecule has 1 aromatic rings. The molecule has 0 spiro atoms. The average molecular weight is 339 g/mol. The van der Waals surface area contributed by atoms with Gasteiger partial charge in [0.1, 0.15) is 12.1 Å². The molecule has 0 bridgehead atoms. The van der Waals surface area contributed by atoms with Crippen molar-refractivity contribution < 1.29 is 14.3 Å². The third-order valence-corrected chi connectivity index (χ3v) is 4.27. The molecule has 1 saturated heterocycles. The van der Waals surface area contributed by atoms with Gasteiger partial charge in [-0.1, -0.05) is 43.6 Å². The van der Waals surface area contributed by atoms with Crippen molar-refractivity contribution in [3.63, 3.8) is 0 Å². The van der Waals surface area contributed by atoms with E-state index >= 15 is 0 Å². The number of nitrogens with zero attached hydrogens (tertiary/aromatic N) is 1. The lowest BCUT2D eigenvalue weighted by Crippen LogP contribution is -2.53. The van der Waals surface area contributed by atoms with E-state index in [0.29, 0.717) is 24.7 Å². The van der Waals surface area contributed by atoms with Crippen LogP contribution in [0.15, 0.2) is 24.3 Å². The van der Waals surface area contributed by atoms with E-state index in [1.807, 2.05) is 38.1 Å². The zero-order chi connectivity index (χ0) is 17.0. The molecule has 2 rings (SSSR count). The fraction of sp³-hybridized carbons (Fsp3) is 0.529. The fourth-order valence-corrected chi connectivity index (χ4v) is 2.96. The molecule has 0 saturated carbocycles. The molecule has 0 aromatic heterocycles. The Morgan fingerprint density at radius 3 is 2.65 bits per heavy atom. The molecule has 2 atom stereocenters. The zero-order valence-electron chi connectivity index (χ0n) is 13.7. The van der Waals surface area contributed by atoms with E-state index in [4.69, 9.17) is 16.3 Å². The molecule has 6 heteroatoms. The molecule has 1 fully saturated rings. The molecule has 2 amide bonds. The standard InChI is InChI=1S/C17H23ClN2O3/c1-11(2)16(19-12(3)21)17(22)20-8-9-23-15(10-20)13-6-4-5-7-14(13)18/h4-7,11,15-16H,8-10H2,1-3H3,(H,19,21)/t15-,16-/m0/s1. The van der Waals surface area contributed by atoms with Crippen molar-refractivity contribution in [1.82, 2.24) is 10.2 Å². The summed E-state index contributed by atoms with van der Waals surface area (Å²) in [5.74, 6) is -0.253. The van der Waals surface area contributed by atoms with E-state index in [0.717, 1.165) is 5.56 Å². The van der Waals surface area contributed by atoms with Crippen LogP contribution in [0.4, 0.5) is 0 Å². The molecular weight excluding hydrogens is 316 g/mol. The summed E-state index contributed by atoms with van der Waals surface area (Å²) in [6.07, 6.45) is -0.244. The van der Waals surface area contributed by atoms with Crippen molar-refractivity contribution in [2.24, 2.45) is 5.92 Å². The number of nitrogens with one attached hydrogen (secondary N) is 1. The molecule has 1 aromatic carbocycles. The summed E-state index contributed by atoms with van der Waals surface area (Å²) in [5.41, 5.74) is 0.882. The summed E-state index contributed by atoms with van der Waals surface area (Å²) in [5, 5.41) is 3.38. The Labute approximate surface area is 141 Å². The first-order valence-electron chi connectivity index (χ1n) is 7.82. The molecule has 0 aliphatic carbocycles. The molecule has 0 unspecified atom stereocenters. The molecule has 5 nitrogen and oxygen atoms in total. The van der Waals surface area contributed by atoms with Crippen LogP contribution in [0.5, 0.6) is 0 Å². The van der Waals surface area contributed by atoms with Gasteiger partial charge in [0.2, 0.25) is 11.8 Å². The first kappa shape index (κ1) is 17.8. The van der Waals surface area contributed by atoms with Gasteiger partial charge in [0, 0.05) is 24.1 Å². The highest BCUT2D eigenvalue weighted by Crippen LogP contribution is 2.28. The molecule has 1 aliphatic heterocycles. The Morgan fingerprint density at radius 1 is 1.35 bits per heavy atom. The van der Waals surface area contributed by atoms with E-state index in [-0.39, 0.29) is 23.8 Å². The SMILES string of the molecule is CC(=O)N[C@H](C(=O)N1CCO[C@H](c2ccccc2Cl)C1)C(C)C. The molecule has 0 radical (unpaired) electrons. The van der Waals surface area contributed by atoms with Crippen LogP contribution in [-0.2, 0) is 14.3 Å². The van der Waals surface area contributed by atoms with Crippen LogP contribution in [0.25, 0.3) is 0 Å². The van der Waals surface area contributed by atoms with Gasteiger partial charge >= 0.3 is 0 Å². The fourth-order valence-electron chi connectivity index (χ4n) is 2.70. The Morgan fingerprint density at radius 2 is 2.04 bits per heavy atom. The van der Waals surface area contributed by atoms with Gasteiger partial charge in [-0.3, -0.25) is 9.59 Å². The van der Waals surface area contributed by atoms with E-state index < -0.39 is 6.04 Å². The van der Waals surface area contributed by atoms with Crippen molar-refractivity contribution in [2.75, 3.05) is 19.7 Å². The van der Waals surface area contributed by atoms with E-state index in [2.05, 4.69) is 5.32 Å². The third kappa shape index (κ3) is 4.45. The Balaban J connectivity index is 2.12. The van der Waals surface area contributed by atoms with Crippen LogP contribution < -0.4 is 5.32 Å².